The maximum absolute atomic E-state index is 13.3. The lowest BCUT2D eigenvalue weighted by Gasteiger charge is -2.04. The van der Waals surface area contributed by atoms with Crippen molar-refractivity contribution >= 4 is 11.9 Å². The molecule has 0 aliphatic rings. The van der Waals surface area contributed by atoms with Gasteiger partial charge in [-0.2, -0.15) is 0 Å². The molecule has 1 aromatic heterocycles. The molecule has 0 unspecified atom stereocenters. The Kier molecular flexibility index (Phi) is 2.95. The molecule has 0 atom stereocenters. The first-order valence-corrected chi connectivity index (χ1v) is 4.74. The second kappa shape index (κ2) is 4.56. The number of benzene rings is 1. The van der Waals surface area contributed by atoms with Crippen molar-refractivity contribution in [3.63, 3.8) is 0 Å². The number of nitrogens with zero attached hydrogens (tertiary/aromatic N) is 2. The summed E-state index contributed by atoms with van der Waals surface area (Å²) < 4.78 is 13.3. The zero-order valence-electron chi connectivity index (χ0n) is 8.59. The minimum Gasteiger partial charge on any atom is -0.508 e. The molecule has 17 heavy (non-hydrogen) atoms. The van der Waals surface area contributed by atoms with Gasteiger partial charge in [0, 0.05) is 18.5 Å². The van der Waals surface area contributed by atoms with E-state index in [1.807, 2.05) is 0 Å². The summed E-state index contributed by atoms with van der Waals surface area (Å²) >= 11 is 0. The maximum atomic E-state index is 13.3. The van der Waals surface area contributed by atoms with Gasteiger partial charge in [0.25, 0.3) is 5.91 Å². The van der Waals surface area contributed by atoms with Crippen LogP contribution in [0.1, 0.15) is 10.4 Å². The number of phenols is 1. The fraction of sp³-hybridized carbons (Fsp3) is 0. The van der Waals surface area contributed by atoms with Crippen LogP contribution < -0.4 is 5.32 Å². The number of nitrogens with one attached hydrogen (secondary N) is 1. The van der Waals surface area contributed by atoms with Crippen molar-refractivity contribution in [3.05, 3.63) is 48.0 Å². The molecule has 5 nitrogen and oxygen atoms in total. The molecular weight excluding hydrogens is 225 g/mol. The number of phenolic OH excluding ortho intramolecular Hbond substituents is 1. The van der Waals surface area contributed by atoms with Crippen LogP contribution in [0, 0.1) is 5.82 Å². The Morgan fingerprint density at radius 1 is 1.29 bits per heavy atom. The van der Waals surface area contributed by atoms with Gasteiger partial charge in [0.2, 0.25) is 5.95 Å². The van der Waals surface area contributed by atoms with Crippen molar-refractivity contribution in [2.45, 2.75) is 0 Å². The van der Waals surface area contributed by atoms with E-state index in [1.165, 1.54) is 24.5 Å². The number of hydrogen-bond acceptors (Lipinski definition) is 4. The number of halogens is 1. The third-order valence-corrected chi connectivity index (χ3v) is 1.99. The second-order valence-electron chi connectivity index (χ2n) is 3.19. The number of carbonyl (C=O) groups excluding carboxylic acids is 1. The van der Waals surface area contributed by atoms with Gasteiger partial charge in [0.1, 0.15) is 11.6 Å². The van der Waals surface area contributed by atoms with Gasteiger partial charge in [0.05, 0.1) is 5.56 Å². The lowest BCUT2D eigenvalue weighted by atomic mass is 10.2. The van der Waals surface area contributed by atoms with E-state index in [0.29, 0.717) is 0 Å². The summed E-state index contributed by atoms with van der Waals surface area (Å²) in [6, 6.07) is 4.87. The standard InChI is InChI=1S/C11H8FN3O2/c12-9-6-7(16)2-3-8(9)10(17)15-11-13-4-1-5-14-11/h1-6,16H,(H,13,14,15,17). The molecule has 0 saturated heterocycles. The molecular formula is C11H8FN3O2. The summed E-state index contributed by atoms with van der Waals surface area (Å²) in [4.78, 5) is 19.2. The molecule has 2 aromatic rings. The molecule has 2 rings (SSSR count). The van der Waals surface area contributed by atoms with Crippen molar-refractivity contribution in [3.8, 4) is 5.75 Å². The molecule has 0 radical (unpaired) electrons. The molecule has 0 spiro atoms. The van der Waals surface area contributed by atoms with Gasteiger partial charge in [0.15, 0.2) is 0 Å². The van der Waals surface area contributed by atoms with Crippen LogP contribution in [0.3, 0.4) is 0 Å². The lowest BCUT2D eigenvalue weighted by Crippen LogP contribution is -2.15. The van der Waals surface area contributed by atoms with Crippen LogP contribution >= 0.6 is 0 Å². The van der Waals surface area contributed by atoms with Gasteiger partial charge in [-0.25, -0.2) is 14.4 Å². The van der Waals surface area contributed by atoms with E-state index in [9.17, 15) is 9.18 Å². The van der Waals surface area contributed by atoms with E-state index < -0.39 is 11.7 Å². The Bertz CT molecular complexity index is 546. The zero-order chi connectivity index (χ0) is 12.3. The van der Waals surface area contributed by atoms with E-state index in [-0.39, 0.29) is 17.3 Å². The number of carbonyl (C=O) groups is 1. The van der Waals surface area contributed by atoms with E-state index in [0.717, 1.165) is 6.07 Å². The van der Waals surface area contributed by atoms with Crippen LogP contribution in [0.2, 0.25) is 0 Å². The van der Waals surface area contributed by atoms with E-state index in [4.69, 9.17) is 5.11 Å². The van der Waals surface area contributed by atoms with Crippen molar-refractivity contribution in [1.29, 1.82) is 0 Å². The summed E-state index contributed by atoms with van der Waals surface area (Å²) in [5, 5.41) is 11.3. The van der Waals surface area contributed by atoms with Crippen LogP contribution in [0.5, 0.6) is 5.75 Å². The SMILES string of the molecule is O=C(Nc1ncccn1)c1ccc(O)cc1F. The first-order chi connectivity index (χ1) is 8.16. The molecule has 1 heterocycles. The largest absolute Gasteiger partial charge is 0.508 e. The molecule has 1 aromatic carbocycles. The minimum absolute atomic E-state index is 0.0879. The molecule has 0 aliphatic carbocycles. The number of anilines is 1. The Morgan fingerprint density at radius 3 is 2.65 bits per heavy atom. The predicted molar refractivity (Wildman–Crippen MR) is 58.1 cm³/mol. The summed E-state index contributed by atoms with van der Waals surface area (Å²) in [5.74, 6) is -1.63. The van der Waals surface area contributed by atoms with Crippen molar-refractivity contribution in [2.75, 3.05) is 5.32 Å². The second-order valence-corrected chi connectivity index (χ2v) is 3.19. The number of aromatic nitrogens is 2. The third-order valence-electron chi connectivity index (χ3n) is 1.99. The summed E-state index contributed by atoms with van der Waals surface area (Å²) in [5.41, 5.74) is -0.185. The number of rotatable bonds is 2. The maximum Gasteiger partial charge on any atom is 0.260 e. The highest BCUT2D eigenvalue weighted by Crippen LogP contribution is 2.15. The highest BCUT2D eigenvalue weighted by molar-refractivity contribution is 6.03. The van der Waals surface area contributed by atoms with Gasteiger partial charge >= 0.3 is 0 Å². The van der Waals surface area contributed by atoms with Crippen molar-refractivity contribution < 1.29 is 14.3 Å². The Labute approximate surface area is 96.0 Å². The van der Waals surface area contributed by atoms with Gasteiger partial charge in [-0.05, 0) is 18.2 Å². The first-order valence-electron chi connectivity index (χ1n) is 4.74. The molecule has 2 N–H and O–H groups in total. The topological polar surface area (TPSA) is 75.1 Å². The molecule has 1 amide bonds. The van der Waals surface area contributed by atoms with Crippen LogP contribution in [-0.4, -0.2) is 21.0 Å². The summed E-state index contributed by atoms with van der Waals surface area (Å²) in [7, 11) is 0. The highest BCUT2D eigenvalue weighted by Gasteiger charge is 2.13. The van der Waals surface area contributed by atoms with Crippen LogP contribution in [0.4, 0.5) is 10.3 Å². The Balaban J connectivity index is 2.21. The van der Waals surface area contributed by atoms with E-state index in [2.05, 4.69) is 15.3 Å². The highest BCUT2D eigenvalue weighted by atomic mass is 19.1. The molecule has 6 heteroatoms. The van der Waals surface area contributed by atoms with Gasteiger partial charge in [-0.15, -0.1) is 0 Å². The summed E-state index contributed by atoms with van der Waals surface area (Å²) in [6.45, 7) is 0. The van der Waals surface area contributed by atoms with Crippen molar-refractivity contribution in [1.82, 2.24) is 9.97 Å². The van der Waals surface area contributed by atoms with Gasteiger partial charge in [-0.1, -0.05) is 0 Å². The molecule has 0 saturated carbocycles. The zero-order valence-corrected chi connectivity index (χ0v) is 8.59. The third kappa shape index (κ3) is 2.54. The summed E-state index contributed by atoms with van der Waals surface area (Å²) in [6.07, 6.45) is 2.91. The fourth-order valence-corrected chi connectivity index (χ4v) is 1.22. The average Bonchev–Trinajstić information content (AvgIpc) is 2.30. The van der Waals surface area contributed by atoms with Crippen molar-refractivity contribution in [2.24, 2.45) is 0 Å². The quantitative estimate of drug-likeness (QED) is 0.825. The molecule has 86 valence electrons. The average molecular weight is 233 g/mol. The van der Waals surface area contributed by atoms with Crippen LogP contribution in [0.25, 0.3) is 0 Å². The van der Waals surface area contributed by atoms with Crippen LogP contribution in [0.15, 0.2) is 36.7 Å². The van der Waals surface area contributed by atoms with Crippen LogP contribution in [-0.2, 0) is 0 Å². The predicted octanol–water partition coefficient (Wildman–Crippen LogP) is 1.57. The van der Waals surface area contributed by atoms with E-state index >= 15 is 0 Å². The molecule has 0 bridgehead atoms. The van der Waals surface area contributed by atoms with Gasteiger partial charge < -0.3 is 5.11 Å². The number of hydrogen-bond donors (Lipinski definition) is 2. The number of aromatic hydroxyl groups is 1. The monoisotopic (exact) mass is 233 g/mol. The minimum atomic E-state index is -0.807. The normalized spacial score (nSPS) is 9.94. The lowest BCUT2D eigenvalue weighted by molar-refractivity contribution is 0.102. The Hall–Kier alpha value is -2.50. The first kappa shape index (κ1) is 11.0. The Morgan fingerprint density at radius 2 is 2.00 bits per heavy atom. The smallest absolute Gasteiger partial charge is 0.260 e. The van der Waals surface area contributed by atoms with Gasteiger partial charge in [-0.3, -0.25) is 10.1 Å². The van der Waals surface area contributed by atoms with E-state index in [1.54, 1.807) is 6.07 Å². The molecule has 0 fully saturated rings. The fourth-order valence-electron chi connectivity index (χ4n) is 1.22. The number of amides is 1. The molecule has 0 aliphatic heterocycles.